The molecule has 2 aromatic heterocycles. The van der Waals surface area contributed by atoms with Crippen molar-refractivity contribution in [3.05, 3.63) is 57.0 Å². The Morgan fingerprint density at radius 2 is 1.61 bits per heavy atom. The number of rotatable bonds is 2. The number of ether oxygens (including phenoxy) is 2. The van der Waals surface area contributed by atoms with Gasteiger partial charge in [-0.1, -0.05) is 0 Å². The maximum absolute atomic E-state index is 11.1. The smallest absolute Gasteiger partial charge is 1.00 e. The molecule has 2 aliphatic heterocycles. The number of cyclic esters (lactones) is 2. The van der Waals surface area contributed by atoms with Crippen LogP contribution in [-0.2, 0) is 9.47 Å². The molecule has 0 aliphatic carbocycles. The van der Waals surface area contributed by atoms with Gasteiger partial charge in [0.2, 0.25) is 0 Å². The van der Waals surface area contributed by atoms with Crippen molar-refractivity contribution in [2.75, 3.05) is 20.1 Å². The van der Waals surface area contributed by atoms with Crippen molar-refractivity contribution in [3.63, 3.8) is 0 Å². The quantitative estimate of drug-likeness (QED) is 0.583. The predicted octanol–water partition coefficient (Wildman–Crippen LogP) is 0.709. The Balaban J connectivity index is 0.000000272. The fourth-order valence-electron chi connectivity index (χ4n) is 2.44. The van der Waals surface area contributed by atoms with Crippen LogP contribution in [0.15, 0.2) is 45.6 Å². The van der Waals surface area contributed by atoms with Crippen LogP contribution in [0.5, 0.6) is 0 Å². The molecule has 0 radical (unpaired) electrons. The summed E-state index contributed by atoms with van der Waals surface area (Å²) in [6.07, 6.45) is 2.22. The molecule has 0 spiro atoms. The average molecular weight is 524 g/mol. The first-order valence-electron chi connectivity index (χ1n) is 8.01. The summed E-state index contributed by atoms with van der Waals surface area (Å²) >= 11 is 6.58. The number of carbonyl (C=O) groups is 2. The van der Waals surface area contributed by atoms with Crippen LogP contribution in [-0.4, -0.2) is 47.2 Å². The van der Waals surface area contributed by atoms with Gasteiger partial charge in [0.15, 0.2) is 12.2 Å². The molecule has 144 valence electrons. The maximum Gasteiger partial charge on any atom is 1.00 e. The predicted molar refractivity (Wildman–Crippen MR) is 104 cm³/mol. The molecule has 2 saturated heterocycles. The number of likely N-dealkylation sites (N-methyl/N-ethyl adjacent to an activating group) is 1. The van der Waals surface area contributed by atoms with E-state index in [0.717, 1.165) is 20.3 Å². The second kappa shape index (κ2) is 10.5. The van der Waals surface area contributed by atoms with Gasteiger partial charge in [0, 0.05) is 28.4 Å². The van der Waals surface area contributed by atoms with Gasteiger partial charge in [-0.15, -0.1) is 0 Å². The molecule has 2 amide bonds. The third-order valence-electron chi connectivity index (χ3n) is 3.84. The van der Waals surface area contributed by atoms with E-state index in [1.807, 2.05) is 24.3 Å². The number of nitrogens with one attached hydrogen (secondary N) is 1. The third kappa shape index (κ3) is 6.15. The Kier molecular flexibility index (Phi) is 8.69. The first kappa shape index (κ1) is 23.1. The molecule has 2 unspecified atom stereocenters. The Bertz CT molecular complexity index is 829. The summed E-state index contributed by atoms with van der Waals surface area (Å²) in [4.78, 5) is 31.7. The number of pyridine rings is 2. The molecule has 28 heavy (non-hydrogen) atoms. The molecule has 2 fully saturated rings. The summed E-state index contributed by atoms with van der Waals surface area (Å²) in [5, 5.41) is 2.57. The van der Waals surface area contributed by atoms with E-state index in [2.05, 4.69) is 47.1 Å². The zero-order valence-electron chi connectivity index (χ0n) is 16.3. The van der Waals surface area contributed by atoms with Crippen molar-refractivity contribution in [2.24, 2.45) is 0 Å². The van der Waals surface area contributed by atoms with Gasteiger partial charge in [-0.3, -0.25) is 9.97 Å². The van der Waals surface area contributed by atoms with E-state index in [1.54, 1.807) is 19.4 Å². The van der Waals surface area contributed by atoms with Crippen LogP contribution in [0, 0.1) is 0 Å². The van der Waals surface area contributed by atoms with E-state index in [1.165, 1.54) is 4.90 Å². The summed E-state index contributed by atoms with van der Waals surface area (Å²) < 4.78 is 11.9. The first-order chi connectivity index (χ1) is 12.9. The van der Waals surface area contributed by atoms with Gasteiger partial charge in [0.1, 0.15) is 0 Å². The maximum atomic E-state index is 11.1. The number of aromatic nitrogens is 2. The van der Waals surface area contributed by atoms with Crippen LogP contribution in [0.2, 0.25) is 0 Å². The monoisotopic (exact) mass is 522 g/mol. The van der Waals surface area contributed by atoms with E-state index < -0.39 is 0 Å². The van der Waals surface area contributed by atoms with Crippen molar-refractivity contribution in [3.8, 4) is 0 Å². The Hall–Kier alpha value is -1.20. The average Bonchev–Trinajstić information content (AvgIpc) is 3.23. The normalized spacial score (nSPS) is 20.3. The van der Waals surface area contributed by atoms with Gasteiger partial charge in [-0.2, -0.15) is 0 Å². The molecule has 8 nitrogen and oxygen atoms in total. The van der Waals surface area contributed by atoms with Crippen LogP contribution < -0.4 is 34.9 Å². The zero-order chi connectivity index (χ0) is 19.4. The molecule has 4 heterocycles. The summed E-state index contributed by atoms with van der Waals surface area (Å²) in [6, 6.07) is 7.43. The molecular weight excluding hydrogens is 507 g/mol. The van der Waals surface area contributed by atoms with Gasteiger partial charge >= 0.3 is 41.7 Å². The van der Waals surface area contributed by atoms with Crippen LogP contribution >= 0.6 is 31.9 Å². The van der Waals surface area contributed by atoms with Gasteiger partial charge in [-0.05, 0) is 56.1 Å². The number of hydrogen-bond acceptors (Lipinski definition) is 6. The van der Waals surface area contributed by atoms with E-state index in [-0.39, 0.29) is 55.4 Å². The van der Waals surface area contributed by atoms with Crippen molar-refractivity contribution >= 4 is 44.0 Å². The van der Waals surface area contributed by atoms with E-state index in [0.29, 0.717) is 13.1 Å². The Labute approximate surface area is 202 Å². The summed E-state index contributed by atoms with van der Waals surface area (Å²) in [5.41, 5.74) is 1.55. The minimum absolute atomic E-state index is 0. The molecule has 11 heteroatoms. The van der Waals surface area contributed by atoms with Gasteiger partial charge in [0.05, 0.1) is 24.5 Å². The van der Waals surface area contributed by atoms with Gasteiger partial charge in [-0.25, -0.2) is 9.59 Å². The van der Waals surface area contributed by atoms with E-state index in [9.17, 15) is 9.59 Å². The number of halogens is 2. The summed E-state index contributed by atoms with van der Waals surface area (Å²) in [6.45, 7) is 1.06. The molecule has 4 rings (SSSR count). The van der Waals surface area contributed by atoms with E-state index >= 15 is 0 Å². The SMILES string of the molecule is CN1CC(c2ccc(Br)cn2)OC1=O.O=C1NCC(c2ccc(Br)cn2)O1.[H-].[Na+]. The van der Waals surface area contributed by atoms with Crippen molar-refractivity contribution in [2.45, 2.75) is 12.2 Å². The summed E-state index contributed by atoms with van der Waals surface area (Å²) in [5.74, 6) is 0. The zero-order valence-corrected chi connectivity index (χ0v) is 20.4. The van der Waals surface area contributed by atoms with Gasteiger partial charge in [0.25, 0.3) is 0 Å². The van der Waals surface area contributed by atoms with E-state index in [4.69, 9.17) is 9.47 Å². The Morgan fingerprint density at radius 3 is 2.00 bits per heavy atom. The standard InChI is InChI=1S/C9H9BrN2O2.C8H7BrN2O2.Na.H/c1-12-5-8(14-9(12)13)7-3-2-6(10)4-11-7;9-5-1-2-6(10-3-5)7-4-11-8(12)13-7;;/h2-4,8H,5H2,1H3;1-3,7H,4H2,(H,11,12);;/q;;+1;-1. The molecule has 2 aliphatic rings. The van der Waals surface area contributed by atoms with Crippen molar-refractivity contribution in [1.82, 2.24) is 20.2 Å². The molecule has 1 N–H and O–H groups in total. The number of amides is 2. The third-order valence-corrected chi connectivity index (χ3v) is 4.77. The number of hydrogen-bond donors (Lipinski definition) is 1. The molecule has 0 bridgehead atoms. The van der Waals surface area contributed by atoms with Crippen LogP contribution in [0.25, 0.3) is 0 Å². The number of nitrogens with zero attached hydrogens (tertiary/aromatic N) is 3. The molecule has 2 atom stereocenters. The van der Waals surface area contributed by atoms with Crippen molar-refractivity contribution < 1.29 is 50.0 Å². The minimum atomic E-state index is -0.380. The van der Waals surface area contributed by atoms with Crippen LogP contribution in [0.4, 0.5) is 9.59 Å². The largest absolute Gasteiger partial charge is 1.00 e. The molecule has 0 saturated carbocycles. The number of carbonyl (C=O) groups excluding carboxylic acids is 2. The second-order valence-electron chi connectivity index (χ2n) is 5.83. The molecular formula is C17H17Br2N4NaO4. The fourth-order valence-corrected chi connectivity index (χ4v) is 2.90. The Morgan fingerprint density at radius 1 is 1.04 bits per heavy atom. The summed E-state index contributed by atoms with van der Waals surface area (Å²) in [7, 11) is 1.71. The molecule has 2 aromatic rings. The molecule has 0 aromatic carbocycles. The van der Waals surface area contributed by atoms with Crippen molar-refractivity contribution in [1.29, 1.82) is 0 Å². The second-order valence-corrected chi connectivity index (χ2v) is 7.66. The number of alkyl carbamates (subject to hydrolysis) is 1. The fraction of sp³-hybridized carbons (Fsp3) is 0.294. The minimum Gasteiger partial charge on any atom is -1.00 e. The van der Waals surface area contributed by atoms with Gasteiger partial charge < -0.3 is 21.1 Å². The topological polar surface area (TPSA) is 93.7 Å². The first-order valence-corrected chi connectivity index (χ1v) is 9.60. The van der Waals surface area contributed by atoms with Crippen LogP contribution in [0.1, 0.15) is 25.0 Å². The van der Waals surface area contributed by atoms with Crippen LogP contribution in [0.3, 0.4) is 0 Å².